The minimum Gasteiger partial charge on any atom is -0.354 e. The third-order valence-electron chi connectivity index (χ3n) is 5.32. The lowest BCUT2D eigenvalue weighted by Gasteiger charge is -2.18. The zero-order valence-electron chi connectivity index (χ0n) is 15.6. The van der Waals surface area contributed by atoms with E-state index in [0.29, 0.717) is 25.2 Å². The van der Waals surface area contributed by atoms with Crippen molar-refractivity contribution in [3.63, 3.8) is 0 Å². The van der Waals surface area contributed by atoms with Crippen molar-refractivity contribution < 1.29 is 13.2 Å². The topological polar surface area (TPSA) is 82.6 Å². The third kappa shape index (κ3) is 3.88. The minimum absolute atomic E-state index is 0.0440. The molecular formula is C20H24N4O3S. The van der Waals surface area contributed by atoms with E-state index in [4.69, 9.17) is 0 Å². The number of hydrogen-bond donors (Lipinski definition) is 1. The number of amides is 1. The summed E-state index contributed by atoms with van der Waals surface area (Å²) in [5.74, 6) is 0.730. The van der Waals surface area contributed by atoms with Gasteiger partial charge in [-0.1, -0.05) is 6.07 Å². The van der Waals surface area contributed by atoms with Crippen LogP contribution in [0.2, 0.25) is 0 Å². The van der Waals surface area contributed by atoms with Crippen molar-refractivity contribution >= 4 is 21.7 Å². The van der Waals surface area contributed by atoms with Crippen LogP contribution in [-0.2, 0) is 10.0 Å². The van der Waals surface area contributed by atoms with E-state index in [-0.39, 0.29) is 16.8 Å². The summed E-state index contributed by atoms with van der Waals surface area (Å²) in [5, 5.41) is 3.04. The minimum atomic E-state index is -3.45. The van der Waals surface area contributed by atoms with Gasteiger partial charge < -0.3 is 10.2 Å². The molecule has 2 saturated heterocycles. The second-order valence-corrected chi connectivity index (χ2v) is 9.17. The summed E-state index contributed by atoms with van der Waals surface area (Å²) in [4.78, 5) is 19.3. The average Bonchev–Trinajstić information content (AvgIpc) is 3.41. The fourth-order valence-electron chi connectivity index (χ4n) is 3.75. The number of aromatic nitrogens is 1. The molecule has 1 aromatic carbocycles. The summed E-state index contributed by atoms with van der Waals surface area (Å²) >= 11 is 0. The second-order valence-electron chi connectivity index (χ2n) is 7.23. The van der Waals surface area contributed by atoms with Gasteiger partial charge in [0.15, 0.2) is 0 Å². The quantitative estimate of drug-likeness (QED) is 0.829. The summed E-state index contributed by atoms with van der Waals surface area (Å²) in [6.07, 6.45) is 4.41. The van der Waals surface area contributed by atoms with E-state index in [2.05, 4.69) is 15.2 Å². The number of nitrogens with one attached hydrogen (secondary N) is 1. The molecule has 3 heterocycles. The first kappa shape index (κ1) is 18.9. The van der Waals surface area contributed by atoms with Crippen LogP contribution in [0.5, 0.6) is 0 Å². The fourth-order valence-corrected chi connectivity index (χ4v) is 5.27. The Bertz CT molecular complexity index is 926. The van der Waals surface area contributed by atoms with Crippen molar-refractivity contribution in [2.24, 2.45) is 0 Å². The molecule has 0 spiro atoms. The number of benzene rings is 1. The van der Waals surface area contributed by atoms with Gasteiger partial charge in [0.05, 0.1) is 4.90 Å². The van der Waals surface area contributed by atoms with Gasteiger partial charge in [0.25, 0.3) is 5.91 Å². The molecule has 1 atom stereocenters. The molecule has 1 aromatic heterocycles. The Hall–Kier alpha value is -2.45. The van der Waals surface area contributed by atoms with E-state index in [1.165, 1.54) is 16.4 Å². The van der Waals surface area contributed by atoms with Crippen LogP contribution in [0.25, 0.3) is 0 Å². The lowest BCUT2D eigenvalue weighted by Crippen LogP contribution is -2.37. The monoisotopic (exact) mass is 400 g/mol. The first-order valence-electron chi connectivity index (χ1n) is 9.61. The highest BCUT2D eigenvalue weighted by Crippen LogP contribution is 2.21. The predicted octanol–water partition coefficient (Wildman–Crippen LogP) is 1.87. The van der Waals surface area contributed by atoms with E-state index >= 15 is 0 Å². The summed E-state index contributed by atoms with van der Waals surface area (Å²) in [5.41, 5.74) is 0.469. The van der Waals surface area contributed by atoms with Crippen LogP contribution in [0.4, 0.5) is 5.82 Å². The van der Waals surface area contributed by atoms with E-state index in [9.17, 15) is 13.2 Å². The summed E-state index contributed by atoms with van der Waals surface area (Å²) < 4.78 is 26.7. The third-order valence-corrected chi connectivity index (χ3v) is 7.23. The number of carbonyl (C=O) groups is 1. The van der Waals surface area contributed by atoms with Gasteiger partial charge in [-0.15, -0.1) is 0 Å². The standard InChI is InChI=1S/C20H24N4O3S/c25-20(22-17-10-14-23(15-17)19-5-1-2-11-21-19)16-6-8-18(9-7-16)28(26,27)24-12-3-4-13-24/h1-2,5-9,11,17H,3-4,10,12-15H2,(H,22,25). The molecule has 0 bridgehead atoms. The molecule has 0 radical (unpaired) electrons. The van der Waals surface area contributed by atoms with Crippen molar-refractivity contribution in [1.29, 1.82) is 0 Å². The highest BCUT2D eigenvalue weighted by atomic mass is 32.2. The Balaban J connectivity index is 1.38. The molecule has 1 unspecified atom stereocenters. The van der Waals surface area contributed by atoms with E-state index in [1.807, 2.05) is 18.2 Å². The van der Waals surface area contributed by atoms with E-state index < -0.39 is 10.0 Å². The molecular weight excluding hydrogens is 376 g/mol. The van der Waals surface area contributed by atoms with Crippen molar-refractivity contribution in [1.82, 2.24) is 14.6 Å². The number of carbonyl (C=O) groups excluding carboxylic acids is 1. The SMILES string of the molecule is O=C(NC1CCN(c2ccccn2)C1)c1ccc(S(=O)(=O)N2CCCC2)cc1. The lowest BCUT2D eigenvalue weighted by atomic mass is 10.2. The van der Waals surface area contributed by atoms with Gasteiger partial charge >= 0.3 is 0 Å². The van der Waals surface area contributed by atoms with Crippen LogP contribution in [0.1, 0.15) is 29.6 Å². The fraction of sp³-hybridized carbons (Fsp3) is 0.400. The van der Waals surface area contributed by atoms with Crippen LogP contribution < -0.4 is 10.2 Å². The molecule has 28 heavy (non-hydrogen) atoms. The van der Waals surface area contributed by atoms with Gasteiger partial charge in [0.1, 0.15) is 5.82 Å². The highest BCUT2D eigenvalue weighted by Gasteiger charge is 2.28. The first-order valence-corrected chi connectivity index (χ1v) is 11.0. The van der Waals surface area contributed by atoms with Crippen LogP contribution >= 0.6 is 0 Å². The summed E-state index contributed by atoms with van der Waals surface area (Å²) in [7, 11) is -3.45. The lowest BCUT2D eigenvalue weighted by molar-refractivity contribution is 0.0940. The van der Waals surface area contributed by atoms with Gasteiger partial charge in [0.2, 0.25) is 10.0 Å². The average molecular weight is 401 g/mol. The van der Waals surface area contributed by atoms with E-state index in [0.717, 1.165) is 31.6 Å². The van der Waals surface area contributed by atoms with Crippen LogP contribution in [0.3, 0.4) is 0 Å². The van der Waals surface area contributed by atoms with Gasteiger partial charge in [0, 0.05) is 44.0 Å². The summed E-state index contributed by atoms with van der Waals surface area (Å²) in [6.45, 7) is 2.69. The van der Waals surface area contributed by atoms with Gasteiger partial charge in [-0.25, -0.2) is 13.4 Å². The molecule has 2 aliphatic rings. The Morgan fingerprint density at radius 1 is 1.04 bits per heavy atom. The molecule has 2 aliphatic heterocycles. The molecule has 0 aliphatic carbocycles. The normalized spacial score (nSPS) is 20.4. The maximum Gasteiger partial charge on any atom is 0.251 e. The first-order chi connectivity index (χ1) is 13.5. The van der Waals surface area contributed by atoms with Crippen LogP contribution in [0.15, 0.2) is 53.6 Å². The zero-order valence-corrected chi connectivity index (χ0v) is 16.4. The molecule has 7 nitrogen and oxygen atoms in total. The maximum absolute atomic E-state index is 12.6. The molecule has 1 amide bonds. The number of sulfonamides is 1. The van der Waals surface area contributed by atoms with Crippen molar-refractivity contribution in [3.05, 3.63) is 54.2 Å². The van der Waals surface area contributed by atoms with Gasteiger partial charge in [-0.3, -0.25) is 4.79 Å². The smallest absolute Gasteiger partial charge is 0.251 e. The Labute approximate surface area is 165 Å². The molecule has 2 fully saturated rings. The molecule has 2 aromatic rings. The maximum atomic E-state index is 12.6. The van der Waals surface area contributed by atoms with Crippen molar-refractivity contribution in [3.8, 4) is 0 Å². The second kappa shape index (κ2) is 7.89. The number of nitrogens with zero attached hydrogens (tertiary/aromatic N) is 3. The summed E-state index contributed by atoms with van der Waals surface area (Å²) in [6, 6.07) is 12.1. The van der Waals surface area contributed by atoms with Crippen molar-refractivity contribution in [2.45, 2.75) is 30.2 Å². The number of rotatable bonds is 5. The molecule has 148 valence electrons. The van der Waals surface area contributed by atoms with Crippen LogP contribution in [-0.4, -0.2) is 55.8 Å². The number of hydrogen-bond acceptors (Lipinski definition) is 5. The largest absolute Gasteiger partial charge is 0.354 e. The zero-order chi connectivity index (χ0) is 19.6. The Morgan fingerprint density at radius 2 is 1.79 bits per heavy atom. The molecule has 4 rings (SSSR count). The van der Waals surface area contributed by atoms with Crippen LogP contribution in [0, 0.1) is 0 Å². The van der Waals surface area contributed by atoms with E-state index in [1.54, 1.807) is 18.3 Å². The molecule has 8 heteroatoms. The molecule has 1 N–H and O–H groups in total. The predicted molar refractivity (Wildman–Crippen MR) is 107 cm³/mol. The Morgan fingerprint density at radius 3 is 2.46 bits per heavy atom. The number of anilines is 1. The Kier molecular flexibility index (Phi) is 5.32. The molecule has 0 saturated carbocycles. The van der Waals surface area contributed by atoms with Gasteiger partial charge in [-0.05, 0) is 55.7 Å². The van der Waals surface area contributed by atoms with Crippen molar-refractivity contribution in [2.75, 3.05) is 31.1 Å². The van der Waals surface area contributed by atoms with Gasteiger partial charge in [-0.2, -0.15) is 4.31 Å². The highest BCUT2D eigenvalue weighted by molar-refractivity contribution is 7.89. The number of pyridine rings is 1.